The molecule has 4 nitrogen and oxygen atoms in total. The second kappa shape index (κ2) is 12.2. The maximum atomic E-state index is 14.0. The summed E-state index contributed by atoms with van der Waals surface area (Å²) in [6.07, 6.45) is 7.17. The molecule has 0 aliphatic heterocycles. The number of aromatic nitrogens is 1. The van der Waals surface area contributed by atoms with Gasteiger partial charge >= 0.3 is 5.97 Å². The van der Waals surface area contributed by atoms with Crippen molar-refractivity contribution in [2.75, 3.05) is 0 Å². The zero-order chi connectivity index (χ0) is 26.4. The third-order valence-electron chi connectivity index (χ3n) is 6.67. The molecule has 1 aliphatic rings. The molecule has 0 spiro atoms. The summed E-state index contributed by atoms with van der Waals surface area (Å²) in [5.74, 6) is -0.844. The van der Waals surface area contributed by atoms with E-state index < -0.39 is 11.5 Å². The number of rotatable bonds is 7. The number of aryl methyl sites for hydroxylation is 1. The van der Waals surface area contributed by atoms with Gasteiger partial charge in [-0.25, -0.2) is 4.98 Å². The minimum atomic E-state index is -0.590. The molecule has 0 fully saturated rings. The lowest BCUT2D eigenvalue weighted by Crippen LogP contribution is -2.34. The van der Waals surface area contributed by atoms with Crippen LogP contribution in [0, 0.1) is 11.8 Å². The topological polar surface area (TPSA) is 56.3 Å². The normalized spacial score (nSPS) is 20.3. The van der Waals surface area contributed by atoms with Gasteiger partial charge in [0, 0.05) is 34.2 Å². The van der Waals surface area contributed by atoms with Gasteiger partial charge in [-0.2, -0.15) is 0 Å². The molecule has 0 saturated carbocycles. The molecular weight excluding hydrogens is 502 g/mol. The summed E-state index contributed by atoms with van der Waals surface area (Å²) in [5.41, 5.74) is 2.27. The van der Waals surface area contributed by atoms with Gasteiger partial charge in [-0.05, 0) is 57.6 Å². The van der Waals surface area contributed by atoms with Crippen molar-refractivity contribution in [3.63, 3.8) is 0 Å². The van der Waals surface area contributed by atoms with Crippen LogP contribution >= 0.6 is 22.9 Å². The molecule has 6 heteroatoms. The van der Waals surface area contributed by atoms with E-state index in [1.165, 1.54) is 0 Å². The molecule has 3 unspecified atom stereocenters. The Balaban J connectivity index is 1.53. The summed E-state index contributed by atoms with van der Waals surface area (Å²) in [7, 11) is 0. The van der Waals surface area contributed by atoms with E-state index in [-0.39, 0.29) is 30.0 Å². The largest absolute Gasteiger partial charge is 0.460 e. The number of ether oxygens (including phenoxy) is 1. The van der Waals surface area contributed by atoms with E-state index >= 15 is 0 Å². The van der Waals surface area contributed by atoms with Crippen LogP contribution in [0.5, 0.6) is 0 Å². The molecule has 194 valence electrons. The van der Waals surface area contributed by atoms with E-state index in [4.69, 9.17) is 21.3 Å². The Morgan fingerprint density at radius 2 is 1.76 bits per heavy atom. The fraction of sp³-hybridized carbons (Fsp3) is 0.387. The lowest BCUT2D eigenvalue weighted by Gasteiger charge is -2.31. The van der Waals surface area contributed by atoms with E-state index in [0.29, 0.717) is 24.3 Å². The molecule has 0 bridgehead atoms. The molecule has 1 aliphatic carbocycles. The highest BCUT2D eigenvalue weighted by atomic mass is 35.5. The van der Waals surface area contributed by atoms with E-state index in [1.807, 2.05) is 68.6 Å². The first-order valence-electron chi connectivity index (χ1n) is 12.9. The molecular formula is C31H34ClNO3S. The number of thiazole rings is 1. The number of benzene rings is 2. The summed E-state index contributed by atoms with van der Waals surface area (Å²) in [5, 5.41) is 3.68. The maximum absolute atomic E-state index is 14.0. The third-order valence-corrected chi connectivity index (χ3v) is 7.91. The van der Waals surface area contributed by atoms with Gasteiger partial charge in [0.05, 0.1) is 17.1 Å². The molecule has 1 aromatic heterocycles. The predicted octanol–water partition coefficient (Wildman–Crippen LogP) is 8.06. The highest BCUT2D eigenvalue weighted by Gasteiger charge is 2.36. The Labute approximate surface area is 228 Å². The summed E-state index contributed by atoms with van der Waals surface area (Å²) < 4.78 is 5.64. The number of allylic oxidation sites excluding steroid dienone is 2. The number of carbonyl (C=O) groups excluding carboxylic acids is 2. The van der Waals surface area contributed by atoms with Gasteiger partial charge < -0.3 is 4.74 Å². The van der Waals surface area contributed by atoms with Crippen molar-refractivity contribution >= 4 is 34.7 Å². The van der Waals surface area contributed by atoms with Crippen LogP contribution in [-0.4, -0.2) is 22.3 Å². The van der Waals surface area contributed by atoms with Crippen molar-refractivity contribution in [3.05, 3.63) is 87.7 Å². The van der Waals surface area contributed by atoms with Gasteiger partial charge in [0.2, 0.25) is 0 Å². The first-order chi connectivity index (χ1) is 17.7. The summed E-state index contributed by atoms with van der Waals surface area (Å²) in [6.45, 7) is 5.57. The van der Waals surface area contributed by atoms with Crippen LogP contribution < -0.4 is 0 Å². The van der Waals surface area contributed by atoms with Crippen LogP contribution in [0.1, 0.15) is 62.9 Å². The number of nitrogens with zero attached hydrogens (tertiary/aromatic N) is 1. The molecule has 0 saturated heterocycles. The Hall–Kier alpha value is -2.76. The maximum Gasteiger partial charge on any atom is 0.307 e. The van der Waals surface area contributed by atoms with Crippen molar-refractivity contribution in [1.29, 1.82) is 0 Å². The lowest BCUT2D eigenvalue weighted by molar-refractivity contribution is -0.157. The molecule has 3 aromatic rings. The van der Waals surface area contributed by atoms with Crippen molar-refractivity contribution in [3.8, 4) is 11.3 Å². The summed E-state index contributed by atoms with van der Waals surface area (Å²) in [6, 6.07) is 17.7. The quantitative estimate of drug-likeness (QED) is 0.227. The van der Waals surface area contributed by atoms with E-state index in [2.05, 4.69) is 24.3 Å². The molecule has 37 heavy (non-hydrogen) atoms. The van der Waals surface area contributed by atoms with Crippen LogP contribution in [0.4, 0.5) is 0 Å². The van der Waals surface area contributed by atoms with Crippen LogP contribution in [0.3, 0.4) is 0 Å². The zero-order valence-corrected chi connectivity index (χ0v) is 23.2. The molecule has 2 aromatic carbocycles. The lowest BCUT2D eigenvalue weighted by atomic mass is 9.73. The number of Topliss-reactive ketones (excluding diaryl/α,β-unsaturated/α-hetero) is 1. The number of hydrogen-bond donors (Lipinski definition) is 0. The molecule has 0 amide bonds. The highest BCUT2D eigenvalue weighted by Crippen LogP contribution is 2.38. The van der Waals surface area contributed by atoms with Crippen molar-refractivity contribution in [2.24, 2.45) is 11.8 Å². The molecule has 0 radical (unpaired) electrons. The van der Waals surface area contributed by atoms with Crippen LogP contribution in [0.15, 0.2) is 72.1 Å². The van der Waals surface area contributed by atoms with Gasteiger partial charge in [0.1, 0.15) is 11.4 Å². The van der Waals surface area contributed by atoms with Crippen LogP contribution in [0.2, 0.25) is 5.02 Å². The van der Waals surface area contributed by atoms with Gasteiger partial charge in [-0.15, -0.1) is 11.3 Å². The predicted molar refractivity (Wildman–Crippen MR) is 151 cm³/mol. The minimum Gasteiger partial charge on any atom is -0.460 e. The Bertz CT molecular complexity index is 1240. The molecule has 4 rings (SSSR count). The first-order valence-corrected chi connectivity index (χ1v) is 14.1. The summed E-state index contributed by atoms with van der Waals surface area (Å²) in [4.78, 5) is 31.7. The average Bonchev–Trinajstić information content (AvgIpc) is 3.32. The van der Waals surface area contributed by atoms with Gasteiger partial charge in [-0.1, -0.05) is 72.3 Å². The fourth-order valence-corrected chi connectivity index (χ4v) is 5.98. The van der Waals surface area contributed by atoms with E-state index in [1.54, 1.807) is 11.3 Å². The molecule has 0 N–H and O–H groups in total. The SMILES string of the molecule is CC(C)(C)OC(=O)CC1C(=O)C(CCc2nc(-c3ccccc3Cl)cs2)CC=CCC1c1ccccc1. The van der Waals surface area contributed by atoms with Crippen molar-refractivity contribution in [2.45, 2.75) is 64.4 Å². The average molecular weight is 536 g/mol. The van der Waals surface area contributed by atoms with Gasteiger partial charge in [-0.3, -0.25) is 9.59 Å². The Morgan fingerprint density at radius 1 is 1.05 bits per heavy atom. The van der Waals surface area contributed by atoms with Crippen LogP contribution in [0.25, 0.3) is 11.3 Å². The third kappa shape index (κ3) is 7.39. The Morgan fingerprint density at radius 3 is 2.49 bits per heavy atom. The monoisotopic (exact) mass is 535 g/mol. The smallest absolute Gasteiger partial charge is 0.307 e. The fourth-order valence-electron chi connectivity index (χ4n) is 4.94. The van der Waals surface area contributed by atoms with Crippen LogP contribution in [-0.2, 0) is 20.7 Å². The standard InChI is InChI=1S/C31H34ClNO3S/c1-31(2,3)36-29(34)19-25-23(21-11-5-4-6-12-21)14-8-7-13-22(30(25)35)17-18-28-33-27(20-37-28)24-15-9-10-16-26(24)32/h4-12,15-16,20,22-23,25H,13-14,17-19H2,1-3H3. The first kappa shape index (κ1) is 27.3. The number of hydrogen-bond acceptors (Lipinski definition) is 5. The van der Waals surface area contributed by atoms with Crippen molar-refractivity contribution in [1.82, 2.24) is 4.98 Å². The summed E-state index contributed by atoms with van der Waals surface area (Å²) >= 11 is 7.95. The molecule has 1 heterocycles. The number of esters is 1. The minimum absolute atomic E-state index is 0.0630. The van der Waals surface area contributed by atoms with Gasteiger partial charge in [0.25, 0.3) is 0 Å². The number of carbonyl (C=O) groups is 2. The number of halogens is 1. The Kier molecular flexibility index (Phi) is 8.99. The zero-order valence-electron chi connectivity index (χ0n) is 21.7. The van der Waals surface area contributed by atoms with Crippen molar-refractivity contribution < 1.29 is 14.3 Å². The van der Waals surface area contributed by atoms with Gasteiger partial charge in [0.15, 0.2) is 0 Å². The second-order valence-corrected chi connectivity index (χ2v) is 12.0. The number of ketones is 1. The van der Waals surface area contributed by atoms with E-state index in [0.717, 1.165) is 28.2 Å². The molecule has 3 atom stereocenters. The second-order valence-electron chi connectivity index (χ2n) is 10.6. The highest BCUT2D eigenvalue weighted by molar-refractivity contribution is 7.09. The van der Waals surface area contributed by atoms with E-state index in [9.17, 15) is 9.59 Å².